The summed E-state index contributed by atoms with van der Waals surface area (Å²) in [6.07, 6.45) is 20.7. The minimum absolute atomic E-state index is 0.271. The van der Waals surface area contributed by atoms with Crippen molar-refractivity contribution in [1.29, 1.82) is 0 Å². The van der Waals surface area contributed by atoms with Gasteiger partial charge in [0, 0.05) is 0 Å². The Bertz CT molecular complexity index is 523. The number of allylic oxidation sites excluding steroid dienone is 1. The SMILES string of the molecule is CCCC[C@@H](CCC[C@H](/C=C\OCOC)[Sn]([CH2]CCC)([CH2]CCC)[CH2]CCC)O[Si](C)(C)C(C)(C)C. The quantitative estimate of drug-likeness (QED) is 0.0485. The number of hydrogen-bond acceptors (Lipinski definition) is 3. The number of hydrogen-bond donors (Lipinski definition) is 0. The van der Waals surface area contributed by atoms with Gasteiger partial charge in [-0.15, -0.1) is 0 Å². The molecule has 2 atom stereocenters. The standard InChI is InChI=1S/C19H39O3Si.3C4H9.Sn/c1-8-9-14-18(22-23(6,7)19(2,3)4)15-12-10-11-13-16-21-17-20-5;3*1-3-4-2;/h11,13,16,18H,8-10,12,14-15,17H2,1-7H3;3*1,3-4H2,2H3;/b16-13-;;;;/t18-;;;;/m0..../s1. The molecule has 216 valence electrons. The van der Waals surface area contributed by atoms with Gasteiger partial charge < -0.3 is 0 Å². The van der Waals surface area contributed by atoms with Crippen molar-refractivity contribution in [3.05, 3.63) is 12.3 Å². The van der Waals surface area contributed by atoms with E-state index in [-0.39, 0.29) is 5.04 Å². The van der Waals surface area contributed by atoms with E-state index in [2.05, 4.69) is 67.6 Å². The first-order valence-electron chi connectivity index (χ1n) is 15.5. The normalized spacial score (nSPS) is 14.9. The fourth-order valence-electron chi connectivity index (χ4n) is 5.23. The van der Waals surface area contributed by atoms with Crippen molar-refractivity contribution in [3.63, 3.8) is 0 Å². The fourth-order valence-corrected chi connectivity index (χ4v) is 24.7. The van der Waals surface area contributed by atoms with Gasteiger partial charge in [0.2, 0.25) is 0 Å². The zero-order valence-corrected chi connectivity index (χ0v) is 30.2. The van der Waals surface area contributed by atoms with Gasteiger partial charge in [0.05, 0.1) is 0 Å². The topological polar surface area (TPSA) is 27.7 Å². The zero-order chi connectivity index (χ0) is 27.5. The third kappa shape index (κ3) is 14.6. The Kier molecular flexibility index (Phi) is 20.7. The van der Waals surface area contributed by atoms with E-state index in [1.54, 1.807) is 20.4 Å². The molecular weight excluding hydrogens is 567 g/mol. The van der Waals surface area contributed by atoms with E-state index in [9.17, 15) is 0 Å². The van der Waals surface area contributed by atoms with Crippen LogP contribution in [0.15, 0.2) is 12.3 Å². The van der Waals surface area contributed by atoms with E-state index in [0.29, 0.717) is 12.9 Å². The molecule has 3 nitrogen and oxygen atoms in total. The van der Waals surface area contributed by atoms with Crippen molar-refractivity contribution >= 4 is 26.7 Å². The molecule has 36 heavy (non-hydrogen) atoms. The molecule has 0 aromatic heterocycles. The van der Waals surface area contributed by atoms with Crippen LogP contribution in [-0.2, 0) is 13.9 Å². The molecule has 0 heterocycles. The molecule has 0 unspecified atom stereocenters. The molecule has 5 heteroatoms. The van der Waals surface area contributed by atoms with E-state index in [4.69, 9.17) is 13.9 Å². The first-order chi connectivity index (χ1) is 17.0. The summed E-state index contributed by atoms with van der Waals surface area (Å²) in [7, 11) is -0.0437. The van der Waals surface area contributed by atoms with Crippen LogP contribution in [0.25, 0.3) is 0 Å². The molecule has 0 aliphatic rings. The van der Waals surface area contributed by atoms with Gasteiger partial charge in [-0.3, -0.25) is 0 Å². The number of unbranched alkanes of at least 4 members (excludes halogenated alkanes) is 4. The average Bonchev–Trinajstić information content (AvgIpc) is 2.83. The van der Waals surface area contributed by atoms with Crippen molar-refractivity contribution in [3.8, 4) is 0 Å². The van der Waals surface area contributed by atoms with Crippen LogP contribution in [0, 0.1) is 0 Å². The average molecular weight is 634 g/mol. The van der Waals surface area contributed by atoms with Crippen molar-refractivity contribution in [1.82, 2.24) is 0 Å². The van der Waals surface area contributed by atoms with E-state index in [1.165, 1.54) is 77.0 Å². The Balaban J connectivity index is 5.76. The van der Waals surface area contributed by atoms with Gasteiger partial charge >= 0.3 is 234 Å². The predicted molar refractivity (Wildman–Crippen MR) is 166 cm³/mol. The van der Waals surface area contributed by atoms with Gasteiger partial charge in [0.1, 0.15) is 0 Å². The van der Waals surface area contributed by atoms with Crippen LogP contribution < -0.4 is 0 Å². The second-order valence-electron chi connectivity index (χ2n) is 12.8. The summed E-state index contributed by atoms with van der Waals surface area (Å²) in [6, 6.07) is 0. The molecule has 0 aromatic rings. The van der Waals surface area contributed by atoms with Crippen LogP contribution in [-0.4, -0.2) is 46.7 Å². The molecule has 0 radical (unpaired) electrons. The van der Waals surface area contributed by atoms with Crippen molar-refractivity contribution < 1.29 is 13.9 Å². The van der Waals surface area contributed by atoms with Crippen LogP contribution in [0.2, 0.25) is 35.4 Å². The zero-order valence-electron chi connectivity index (χ0n) is 26.3. The third-order valence-electron chi connectivity index (χ3n) is 8.65. The second kappa shape index (κ2) is 20.4. The van der Waals surface area contributed by atoms with Crippen molar-refractivity contribution in [2.45, 2.75) is 167 Å². The predicted octanol–water partition coefficient (Wildman–Crippen LogP) is 11.1. The molecule has 0 aromatic carbocycles. The van der Waals surface area contributed by atoms with Crippen molar-refractivity contribution in [2.75, 3.05) is 13.9 Å². The molecular formula is C31H66O3SiSn. The molecule has 0 aliphatic heterocycles. The van der Waals surface area contributed by atoms with Crippen LogP contribution in [0.5, 0.6) is 0 Å². The maximum absolute atomic E-state index is 6.98. The molecule has 0 fully saturated rings. The number of ether oxygens (including phenoxy) is 2. The third-order valence-corrected chi connectivity index (χ3v) is 30.6. The fraction of sp³-hybridized carbons (Fsp3) is 0.935. The van der Waals surface area contributed by atoms with E-state index >= 15 is 0 Å². The molecule has 0 saturated carbocycles. The molecule has 0 N–H and O–H groups in total. The summed E-state index contributed by atoms with van der Waals surface area (Å²) in [6.45, 7) is 21.7. The van der Waals surface area contributed by atoms with Gasteiger partial charge in [-0.05, 0) is 0 Å². The van der Waals surface area contributed by atoms with E-state index < -0.39 is 26.7 Å². The Morgan fingerprint density at radius 2 is 1.25 bits per heavy atom. The molecule has 0 rings (SSSR count). The number of rotatable bonds is 23. The molecule has 0 bridgehead atoms. The van der Waals surface area contributed by atoms with Gasteiger partial charge in [-0.2, -0.15) is 0 Å². The molecule has 0 amide bonds. The van der Waals surface area contributed by atoms with E-state index in [1.807, 2.05) is 6.26 Å². The van der Waals surface area contributed by atoms with Crippen LogP contribution in [0.1, 0.15) is 126 Å². The Morgan fingerprint density at radius 1 is 0.750 bits per heavy atom. The summed E-state index contributed by atoms with van der Waals surface area (Å²) < 4.78 is 23.3. The van der Waals surface area contributed by atoms with Crippen molar-refractivity contribution in [2.24, 2.45) is 0 Å². The van der Waals surface area contributed by atoms with Gasteiger partial charge in [-0.1, -0.05) is 0 Å². The van der Waals surface area contributed by atoms with Gasteiger partial charge in [-0.25, -0.2) is 0 Å². The molecule has 0 aliphatic carbocycles. The van der Waals surface area contributed by atoms with Gasteiger partial charge in [0.25, 0.3) is 0 Å². The summed E-state index contributed by atoms with van der Waals surface area (Å²) >= 11 is -2.41. The summed E-state index contributed by atoms with van der Waals surface area (Å²) in [4.78, 5) is 0. The van der Waals surface area contributed by atoms with Gasteiger partial charge in [0.15, 0.2) is 0 Å². The minimum atomic E-state index is -2.41. The second-order valence-corrected chi connectivity index (χ2v) is 31.7. The first-order valence-corrected chi connectivity index (χ1v) is 26.1. The molecule has 0 spiro atoms. The summed E-state index contributed by atoms with van der Waals surface area (Å²) in [5, 5.41) is 0.271. The first kappa shape index (κ1) is 36.5. The summed E-state index contributed by atoms with van der Waals surface area (Å²) in [5.74, 6) is 0. The Labute approximate surface area is 232 Å². The Hall–Kier alpha value is 0.476. The maximum atomic E-state index is 6.98. The van der Waals surface area contributed by atoms with Crippen LogP contribution in [0.4, 0.5) is 0 Å². The molecule has 0 saturated heterocycles. The van der Waals surface area contributed by atoms with Crippen LogP contribution >= 0.6 is 0 Å². The van der Waals surface area contributed by atoms with Crippen LogP contribution in [0.3, 0.4) is 0 Å². The Morgan fingerprint density at radius 3 is 1.69 bits per heavy atom. The monoisotopic (exact) mass is 634 g/mol. The number of methoxy groups -OCH3 is 1. The van der Waals surface area contributed by atoms with E-state index in [0.717, 1.165) is 3.93 Å². The summed E-state index contributed by atoms with van der Waals surface area (Å²) in [5.41, 5.74) is 0.